The van der Waals surface area contributed by atoms with Gasteiger partial charge in [-0.15, -0.1) is 11.3 Å². The second-order valence-electron chi connectivity index (χ2n) is 5.92. The van der Waals surface area contributed by atoms with Crippen LogP contribution in [0.25, 0.3) is 0 Å². The SMILES string of the molecule is CC(C)(CN)C(=O)Nc1sc2c(c1C#N)CCCCC2. The van der Waals surface area contributed by atoms with E-state index in [-0.39, 0.29) is 12.5 Å². The molecule has 2 rings (SSSR count). The van der Waals surface area contributed by atoms with Crippen LogP contribution in [0, 0.1) is 16.7 Å². The molecule has 1 aliphatic rings. The Morgan fingerprint density at radius 3 is 2.75 bits per heavy atom. The van der Waals surface area contributed by atoms with Gasteiger partial charge in [0.05, 0.1) is 11.0 Å². The molecule has 1 aromatic rings. The van der Waals surface area contributed by atoms with Crippen LogP contribution in [0.15, 0.2) is 0 Å². The molecule has 0 aromatic carbocycles. The zero-order chi connectivity index (χ0) is 14.8. The first-order chi connectivity index (χ1) is 9.49. The molecule has 0 unspecified atom stereocenters. The smallest absolute Gasteiger partial charge is 0.231 e. The summed E-state index contributed by atoms with van der Waals surface area (Å²) in [5, 5.41) is 13.0. The van der Waals surface area contributed by atoms with Gasteiger partial charge in [0, 0.05) is 11.4 Å². The van der Waals surface area contributed by atoms with Crippen LogP contribution in [0.1, 0.15) is 49.1 Å². The number of amides is 1. The third-order valence-corrected chi connectivity index (χ3v) is 5.09. The molecule has 0 saturated heterocycles. The molecule has 1 heterocycles. The van der Waals surface area contributed by atoms with Gasteiger partial charge in [-0.05, 0) is 45.1 Å². The topological polar surface area (TPSA) is 78.9 Å². The maximum Gasteiger partial charge on any atom is 0.231 e. The van der Waals surface area contributed by atoms with E-state index in [0.717, 1.165) is 24.8 Å². The molecule has 108 valence electrons. The summed E-state index contributed by atoms with van der Waals surface area (Å²) >= 11 is 1.56. The van der Waals surface area contributed by atoms with E-state index < -0.39 is 5.41 Å². The molecule has 0 spiro atoms. The van der Waals surface area contributed by atoms with Crippen LogP contribution in [0.3, 0.4) is 0 Å². The molecule has 5 heteroatoms. The maximum atomic E-state index is 12.2. The van der Waals surface area contributed by atoms with Gasteiger partial charge < -0.3 is 11.1 Å². The highest BCUT2D eigenvalue weighted by molar-refractivity contribution is 7.16. The molecular formula is C15H21N3OS. The normalized spacial score (nSPS) is 15.1. The molecular weight excluding hydrogens is 270 g/mol. The van der Waals surface area contributed by atoms with Crippen molar-refractivity contribution < 1.29 is 4.79 Å². The van der Waals surface area contributed by atoms with E-state index >= 15 is 0 Å². The number of nitrogens with two attached hydrogens (primary N) is 1. The Hall–Kier alpha value is -1.38. The quantitative estimate of drug-likeness (QED) is 0.840. The number of hydrogen-bond acceptors (Lipinski definition) is 4. The van der Waals surface area contributed by atoms with E-state index in [1.807, 2.05) is 13.8 Å². The molecule has 3 N–H and O–H groups in total. The van der Waals surface area contributed by atoms with Crippen LogP contribution in [0.2, 0.25) is 0 Å². The number of nitrogens with one attached hydrogen (secondary N) is 1. The van der Waals surface area contributed by atoms with Crippen molar-refractivity contribution in [1.29, 1.82) is 5.26 Å². The van der Waals surface area contributed by atoms with Gasteiger partial charge in [-0.2, -0.15) is 5.26 Å². The zero-order valence-electron chi connectivity index (χ0n) is 12.1. The lowest BCUT2D eigenvalue weighted by atomic mass is 9.93. The van der Waals surface area contributed by atoms with Crippen LogP contribution < -0.4 is 11.1 Å². The Bertz CT molecular complexity index is 554. The number of thiophene rings is 1. The number of nitrogens with zero attached hydrogens (tertiary/aromatic N) is 1. The molecule has 0 bridgehead atoms. The van der Waals surface area contributed by atoms with E-state index in [2.05, 4.69) is 11.4 Å². The summed E-state index contributed by atoms with van der Waals surface area (Å²) < 4.78 is 0. The number of nitriles is 1. The van der Waals surface area contributed by atoms with Gasteiger partial charge in [-0.25, -0.2) is 0 Å². The minimum Gasteiger partial charge on any atom is -0.329 e. The van der Waals surface area contributed by atoms with Crippen molar-refractivity contribution in [2.24, 2.45) is 11.1 Å². The predicted molar refractivity (Wildman–Crippen MR) is 81.8 cm³/mol. The lowest BCUT2D eigenvalue weighted by Crippen LogP contribution is -2.37. The van der Waals surface area contributed by atoms with Crippen molar-refractivity contribution in [3.63, 3.8) is 0 Å². The first-order valence-corrected chi connectivity index (χ1v) is 7.87. The average molecular weight is 291 g/mol. The molecule has 0 saturated carbocycles. The van der Waals surface area contributed by atoms with Gasteiger partial charge >= 0.3 is 0 Å². The Balaban J connectivity index is 2.30. The highest BCUT2D eigenvalue weighted by Crippen LogP contribution is 2.37. The lowest BCUT2D eigenvalue weighted by Gasteiger charge is -2.20. The number of carbonyl (C=O) groups is 1. The molecule has 1 aromatic heterocycles. The van der Waals surface area contributed by atoms with Gasteiger partial charge in [-0.3, -0.25) is 4.79 Å². The van der Waals surface area contributed by atoms with Crippen LogP contribution in [0.5, 0.6) is 0 Å². The summed E-state index contributed by atoms with van der Waals surface area (Å²) in [5.41, 5.74) is 6.82. The second kappa shape index (κ2) is 5.94. The fourth-order valence-electron chi connectivity index (χ4n) is 2.31. The van der Waals surface area contributed by atoms with Crippen LogP contribution in [0.4, 0.5) is 5.00 Å². The number of carbonyl (C=O) groups excluding carboxylic acids is 1. The number of fused-ring (bicyclic) bond motifs is 1. The van der Waals surface area contributed by atoms with Crippen molar-refractivity contribution >= 4 is 22.2 Å². The minimum atomic E-state index is -0.617. The van der Waals surface area contributed by atoms with Gasteiger partial charge in [0.2, 0.25) is 5.91 Å². The summed E-state index contributed by atoms with van der Waals surface area (Å²) in [7, 11) is 0. The number of anilines is 1. The number of rotatable bonds is 3. The molecule has 0 radical (unpaired) electrons. The fraction of sp³-hybridized carbons (Fsp3) is 0.600. The summed E-state index contributed by atoms with van der Waals surface area (Å²) in [4.78, 5) is 13.5. The highest BCUT2D eigenvalue weighted by atomic mass is 32.1. The Morgan fingerprint density at radius 2 is 2.10 bits per heavy atom. The first kappa shape index (κ1) is 15.0. The molecule has 0 fully saturated rings. The summed E-state index contributed by atoms with van der Waals surface area (Å²) in [5.74, 6) is -0.118. The van der Waals surface area contributed by atoms with Crippen LogP contribution in [-0.2, 0) is 17.6 Å². The van der Waals surface area contributed by atoms with Crippen molar-refractivity contribution in [2.45, 2.75) is 46.0 Å². The number of hydrogen-bond donors (Lipinski definition) is 2. The Labute approximate surface area is 124 Å². The van der Waals surface area contributed by atoms with Gasteiger partial charge in [0.1, 0.15) is 11.1 Å². The molecule has 1 aliphatic carbocycles. The maximum absolute atomic E-state index is 12.2. The molecule has 1 amide bonds. The van der Waals surface area contributed by atoms with Gasteiger partial charge in [-0.1, -0.05) is 6.42 Å². The van der Waals surface area contributed by atoms with E-state index in [1.165, 1.54) is 17.7 Å². The largest absolute Gasteiger partial charge is 0.329 e. The monoisotopic (exact) mass is 291 g/mol. The van der Waals surface area contributed by atoms with Crippen molar-refractivity contribution in [1.82, 2.24) is 0 Å². The molecule has 20 heavy (non-hydrogen) atoms. The van der Waals surface area contributed by atoms with E-state index in [0.29, 0.717) is 10.6 Å². The van der Waals surface area contributed by atoms with E-state index in [4.69, 9.17) is 5.73 Å². The molecule has 0 aliphatic heterocycles. The third-order valence-electron chi connectivity index (χ3n) is 3.89. The van der Waals surface area contributed by atoms with E-state index in [9.17, 15) is 10.1 Å². The van der Waals surface area contributed by atoms with Gasteiger partial charge in [0.25, 0.3) is 0 Å². The molecule has 4 nitrogen and oxygen atoms in total. The minimum absolute atomic E-state index is 0.118. The van der Waals surface area contributed by atoms with Crippen LogP contribution >= 0.6 is 11.3 Å². The first-order valence-electron chi connectivity index (χ1n) is 7.05. The second-order valence-corrected chi connectivity index (χ2v) is 7.03. The zero-order valence-corrected chi connectivity index (χ0v) is 12.9. The third kappa shape index (κ3) is 2.87. The summed E-state index contributed by atoms with van der Waals surface area (Å²) in [6, 6.07) is 2.27. The van der Waals surface area contributed by atoms with Gasteiger partial charge in [0.15, 0.2) is 0 Å². The predicted octanol–water partition coefficient (Wildman–Crippen LogP) is 2.81. The van der Waals surface area contributed by atoms with Crippen molar-refractivity contribution in [3.8, 4) is 6.07 Å². The number of aryl methyl sites for hydroxylation is 1. The van der Waals surface area contributed by atoms with Crippen molar-refractivity contribution in [2.75, 3.05) is 11.9 Å². The Kier molecular flexibility index (Phi) is 4.46. The average Bonchev–Trinajstić information content (AvgIpc) is 2.59. The standard InChI is InChI=1S/C15H21N3OS/c1-15(2,9-17)14(19)18-13-11(8-16)10-6-4-3-5-7-12(10)20-13/h3-7,9,17H2,1-2H3,(H,18,19). The van der Waals surface area contributed by atoms with Crippen LogP contribution in [-0.4, -0.2) is 12.5 Å². The molecule has 0 atom stereocenters. The lowest BCUT2D eigenvalue weighted by molar-refractivity contribution is -0.123. The summed E-state index contributed by atoms with van der Waals surface area (Å²) in [6.07, 6.45) is 5.48. The Morgan fingerprint density at radius 1 is 1.40 bits per heavy atom. The van der Waals surface area contributed by atoms with Crippen molar-refractivity contribution in [3.05, 3.63) is 16.0 Å². The summed E-state index contributed by atoms with van der Waals surface area (Å²) in [6.45, 7) is 3.91. The van der Waals surface area contributed by atoms with E-state index in [1.54, 1.807) is 11.3 Å². The fourth-order valence-corrected chi connectivity index (χ4v) is 3.55. The highest BCUT2D eigenvalue weighted by Gasteiger charge is 2.28.